The molecule has 2 nitrogen and oxygen atoms in total. The van der Waals surface area contributed by atoms with Crippen molar-refractivity contribution in [1.29, 1.82) is 0 Å². The highest BCUT2D eigenvalue weighted by Gasteiger charge is 2.60. The van der Waals surface area contributed by atoms with E-state index in [9.17, 15) is 4.79 Å². The predicted molar refractivity (Wildman–Crippen MR) is 71.2 cm³/mol. The van der Waals surface area contributed by atoms with Gasteiger partial charge in [-0.25, -0.2) is 0 Å². The zero-order chi connectivity index (χ0) is 12.5. The van der Waals surface area contributed by atoms with Gasteiger partial charge in [0.2, 0.25) is 0 Å². The van der Waals surface area contributed by atoms with Crippen LogP contribution in [0.15, 0.2) is 11.6 Å². The number of ketones is 1. The molecule has 2 aliphatic carbocycles. The maximum atomic E-state index is 12.5. The molecular weight excluding hydrogens is 222 g/mol. The summed E-state index contributed by atoms with van der Waals surface area (Å²) in [6.07, 6.45) is 6.68. The Labute approximate surface area is 109 Å². The molecule has 2 saturated heterocycles. The van der Waals surface area contributed by atoms with Crippen LogP contribution in [0.3, 0.4) is 0 Å². The standard InChI is InChI=1S/C16H23NO/c1-10-8-17-9-12-4-3-5-14(18)13-6-11(10)7-15(17)16(12,13)2/h4,10-11,13,15H,3,5-9H2,1-2H3/t10-,11-,13-,15-,16+/m1/s1. The zero-order valence-corrected chi connectivity index (χ0v) is 11.5. The van der Waals surface area contributed by atoms with Crippen molar-refractivity contribution in [3.05, 3.63) is 11.6 Å². The van der Waals surface area contributed by atoms with Crippen molar-refractivity contribution < 1.29 is 4.79 Å². The van der Waals surface area contributed by atoms with E-state index in [2.05, 4.69) is 24.8 Å². The molecule has 0 N–H and O–H groups in total. The van der Waals surface area contributed by atoms with E-state index in [1.54, 1.807) is 5.57 Å². The fourth-order valence-electron chi connectivity index (χ4n) is 5.36. The third-order valence-corrected chi connectivity index (χ3v) is 6.48. The number of hydrogen-bond donors (Lipinski definition) is 0. The van der Waals surface area contributed by atoms with Crippen LogP contribution in [0, 0.1) is 23.2 Å². The fraction of sp³-hybridized carbons (Fsp3) is 0.812. The van der Waals surface area contributed by atoms with Crippen molar-refractivity contribution in [2.24, 2.45) is 23.2 Å². The number of rotatable bonds is 0. The summed E-state index contributed by atoms with van der Waals surface area (Å²) in [5, 5.41) is 0. The Morgan fingerprint density at radius 2 is 2.22 bits per heavy atom. The molecule has 0 spiro atoms. The highest BCUT2D eigenvalue weighted by atomic mass is 16.1. The van der Waals surface area contributed by atoms with Gasteiger partial charge in [0.05, 0.1) is 0 Å². The molecule has 0 unspecified atom stereocenters. The molecule has 1 saturated carbocycles. The molecule has 98 valence electrons. The number of Topliss-reactive ketones (excluding diaryl/α,β-unsaturated/α-hetero) is 1. The van der Waals surface area contributed by atoms with Gasteiger partial charge in [-0.1, -0.05) is 25.5 Å². The molecule has 3 fully saturated rings. The lowest BCUT2D eigenvalue weighted by Crippen LogP contribution is -2.55. The Morgan fingerprint density at radius 1 is 1.39 bits per heavy atom. The van der Waals surface area contributed by atoms with Crippen LogP contribution < -0.4 is 0 Å². The molecule has 0 aromatic heterocycles. The Hall–Kier alpha value is -0.630. The molecule has 4 rings (SSSR count). The van der Waals surface area contributed by atoms with Gasteiger partial charge in [0.25, 0.3) is 0 Å². The van der Waals surface area contributed by atoms with Gasteiger partial charge in [-0.3, -0.25) is 9.69 Å². The first-order valence-corrected chi connectivity index (χ1v) is 7.57. The van der Waals surface area contributed by atoms with Crippen LogP contribution in [-0.2, 0) is 4.79 Å². The maximum Gasteiger partial charge on any atom is 0.137 e. The number of carbonyl (C=O) groups is 1. The SMILES string of the molecule is C[C@@H]1CN2CC3=CCCC(=O)[C@H]4C[C@@H]1C[C@@H]2[C@@]34C. The van der Waals surface area contributed by atoms with Gasteiger partial charge >= 0.3 is 0 Å². The van der Waals surface area contributed by atoms with Crippen LogP contribution in [-0.4, -0.2) is 29.8 Å². The largest absolute Gasteiger partial charge is 0.299 e. The van der Waals surface area contributed by atoms with E-state index < -0.39 is 0 Å². The second-order valence-corrected chi connectivity index (χ2v) is 7.22. The molecule has 18 heavy (non-hydrogen) atoms. The first kappa shape index (κ1) is 11.2. The molecule has 4 aliphatic rings. The molecule has 2 heteroatoms. The lowest BCUT2D eigenvalue weighted by atomic mass is 9.56. The van der Waals surface area contributed by atoms with Gasteiger partial charge in [-0.15, -0.1) is 0 Å². The third-order valence-electron chi connectivity index (χ3n) is 6.48. The number of nitrogens with zero attached hydrogens (tertiary/aromatic N) is 1. The minimum absolute atomic E-state index is 0.185. The monoisotopic (exact) mass is 245 g/mol. The topological polar surface area (TPSA) is 20.3 Å². The van der Waals surface area contributed by atoms with Crippen molar-refractivity contribution in [2.45, 2.75) is 45.6 Å². The Balaban J connectivity index is 1.86. The first-order valence-electron chi connectivity index (χ1n) is 7.57. The average Bonchev–Trinajstić information content (AvgIpc) is 2.56. The van der Waals surface area contributed by atoms with Gasteiger partial charge in [-0.05, 0) is 31.1 Å². The summed E-state index contributed by atoms with van der Waals surface area (Å²) >= 11 is 0. The van der Waals surface area contributed by atoms with Crippen LogP contribution in [0.1, 0.15) is 39.5 Å². The summed E-state index contributed by atoms with van der Waals surface area (Å²) in [6, 6.07) is 0.658. The van der Waals surface area contributed by atoms with Crippen LogP contribution in [0.4, 0.5) is 0 Å². The number of allylic oxidation sites excluding steroid dienone is 1. The normalized spacial score (nSPS) is 51.0. The average molecular weight is 245 g/mol. The molecule has 0 radical (unpaired) electrons. The van der Waals surface area contributed by atoms with Gasteiger partial charge in [-0.2, -0.15) is 0 Å². The van der Waals surface area contributed by atoms with Crippen LogP contribution in [0.25, 0.3) is 0 Å². The van der Waals surface area contributed by atoms with Crippen molar-refractivity contribution in [3.63, 3.8) is 0 Å². The summed E-state index contributed by atoms with van der Waals surface area (Å²) in [5.41, 5.74) is 1.78. The number of hydrogen-bond acceptors (Lipinski definition) is 2. The van der Waals surface area contributed by atoms with E-state index in [4.69, 9.17) is 0 Å². The van der Waals surface area contributed by atoms with E-state index in [1.807, 2.05) is 0 Å². The van der Waals surface area contributed by atoms with E-state index >= 15 is 0 Å². The molecule has 0 amide bonds. The highest BCUT2D eigenvalue weighted by molar-refractivity contribution is 5.83. The molecular formula is C16H23NO. The Morgan fingerprint density at radius 3 is 3.06 bits per heavy atom. The predicted octanol–water partition coefficient (Wildman–Crippen LogP) is 2.64. The summed E-state index contributed by atoms with van der Waals surface area (Å²) in [7, 11) is 0. The molecule has 2 bridgehead atoms. The van der Waals surface area contributed by atoms with Gasteiger partial charge in [0.1, 0.15) is 5.78 Å². The Kier molecular flexibility index (Phi) is 2.16. The molecule has 2 aliphatic heterocycles. The quantitative estimate of drug-likeness (QED) is 0.612. The van der Waals surface area contributed by atoms with Gasteiger partial charge in [0, 0.05) is 36.9 Å². The van der Waals surface area contributed by atoms with E-state index in [-0.39, 0.29) is 5.41 Å². The van der Waals surface area contributed by atoms with Crippen LogP contribution in [0.2, 0.25) is 0 Å². The molecule has 0 aromatic carbocycles. The number of piperidine rings is 1. The van der Waals surface area contributed by atoms with E-state index in [0.717, 1.165) is 37.6 Å². The van der Waals surface area contributed by atoms with Gasteiger partial charge in [0.15, 0.2) is 0 Å². The number of carbonyl (C=O) groups excluding carboxylic acids is 1. The molecule has 0 aromatic rings. The van der Waals surface area contributed by atoms with Crippen molar-refractivity contribution in [1.82, 2.24) is 4.90 Å². The van der Waals surface area contributed by atoms with Crippen LogP contribution >= 0.6 is 0 Å². The summed E-state index contributed by atoms with van der Waals surface area (Å²) < 4.78 is 0. The lowest BCUT2D eigenvalue weighted by Gasteiger charge is -2.52. The fourth-order valence-corrected chi connectivity index (χ4v) is 5.36. The maximum absolute atomic E-state index is 12.5. The lowest BCUT2D eigenvalue weighted by molar-refractivity contribution is -0.132. The minimum atomic E-state index is 0.185. The first-order chi connectivity index (χ1) is 8.60. The van der Waals surface area contributed by atoms with E-state index in [1.165, 1.54) is 13.0 Å². The van der Waals surface area contributed by atoms with Crippen LogP contribution in [0.5, 0.6) is 0 Å². The van der Waals surface area contributed by atoms with Crippen molar-refractivity contribution in [2.75, 3.05) is 13.1 Å². The zero-order valence-electron chi connectivity index (χ0n) is 11.5. The van der Waals surface area contributed by atoms with Gasteiger partial charge < -0.3 is 0 Å². The highest BCUT2D eigenvalue weighted by Crippen LogP contribution is 2.59. The second kappa shape index (κ2) is 3.47. The second-order valence-electron chi connectivity index (χ2n) is 7.22. The summed E-state index contributed by atoms with van der Waals surface area (Å²) in [4.78, 5) is 15.2. The smallest absolute Gasteiger partial charge is 0.137 e. The molecule has 5 atom stereocenters. The minimum Gasteiger partial charge on any atom is -0.299 e. The Bertz CT molecular complexity index is 440. The third kappa shape index (κ3) is 1.20. The molecule has 2 heterocycles. The van der Waals surface area contributed by atoms with Crippen molar-refractivity contribution in [3.8, 4) is 0 Å². The number of fused-ring (bicyclic) bond motifs is 1. The summed E-state index contributed by atoms with van der Waals surface area (Å²) in [6.45, 7) is 7.17. The summed E-state index contributed by atoms with van der Waals surface area (Å²) in [5.74, 6) is 2.45. The van der Waals surface area contributed by atoms with Crippen molar-refractivity contribution >= 4 is 5.78 Å². The van der Waals surface area contributed by atoms with E-state index in [0.29, 0.717) is 17.7 Å².